The van der Waals surface area contributed by atoms with Gasteiger partial charge in [-0.3, -0.25) is 9.48 Å². The minimum atomic E-state index is -0.127. The zero-order valence-electron chi connectivity index (χ0n) is 9.03. The Labute approximate surface area is 94.6 Å². The summed E-state index contributed by atoms with van der Waals surface area (Å²) in [5.41, 5.74) is 1.11. The van der Waals surface area contributed by atoms with E-state index in [1.807, 2.05) is 20.0 Å². The molecule has 0 spiro atoms. The highest BCUT2D eigenvalue weighted by atomic mass is 35.5. The number of alkyl halides is 1. The minimum Gasteiger partial charge on any atom is -0.355 e. The van der Waals surface area contributed by atoms with E-state index in [9.17, 15) is 4.79 Å². The molecule has 1 N–H and O–H groups in total. The molecular formula is C10H16ClN3O. The number of aromatic nitrogens is 2. The third kappa shape index (κ3) is 3.55. The third-order valence-electron chi connectivity index (χ3n) is 2.28. The molecule has 0 aromatic carbocycles. The molecule has 84 valence electrons. The monoisotopic (exact) mass is 229 g/mol. The van der Waals surface area contributed by atoms with Crippen LogP contribution in [0.4, 0.5) is 0 Å². The molecule has 0 fully saturated rings. The first-order valence-electron chi connectivity index (χ1n) is 4.95. The van der Waals surface area contributed by atoms with Gasteiger partial charge < -0.3 is 5.32 Å². The van der Waals surface area contributed by atoms with Gasteiger partial charge in [-0.15, -0.1) is 11.6 Å². The lowest BCUT2D eigenvalue weighted by Crippen LogP contribution is -2.31. The molecule has 15 heavy (non-hydrogen) atoms. The van der Waals surface area contributed by atoms with Crippen molar-refractivity contribution in [1.29, 1.82) is 0 Å². The quantitative estimate of drug-likeness (QED) is 0.765. The first kappa shape index (κ1) is 12.0. The topological polar surface area (TPSA) is 46.9 Å². The Hall–Kier alpha value is -1.03. The summed E-state index contributed by atoms with van der Waals surface area (Å²) in [6.07, 6.45) is 2.54. The van der Waals surface area contributed by atoms with Crippen LogP contribution in [0.1, 0.15) is 12.6 Å². The van der Waals surface area contributed by atoms with Gasteiger partial charge in [0.15, 0.2) is 0 Å². The fourth-order valence-corrected chi connectivity index (χ4v) is 1.34. The molecule has 0 aliphatic heterocycles. The summed E-state index contributed by atoms with van der Waals surface area (Å²) in [6, 6.07) is 1.94. The number of aryl methyl sites for hydroxylation is 1. The summed E-state index contributed by atoms with van der Waals surface area (Å²) in [5.74, 6) is 0.239. The van der Waals surface area contributed by atoms with Crippen molar-refractivity contribution >= 4 is 17.5 Å². The van der Waals surface area contributed by atoms with E-state index in [2.05, 4.69) is 10.4 Å². The van der Waals surface area contributed by atoms with E-state index >= 15 is 0 Å². The molecule has 5 heteroatoms. The van der Waals surface area contributed by atoms with Gasteiger partial charge in [-0.05, 0) is 6.07 Å². The van der Waals surface area contributed by atoms with Gasteiger partial charge in [0.05, 0.1) is 0 Å². The maximum Gasteiger partial charge on any atom is 0.224 e. The average molecular weight is 230 g/mol. The van der Waals surface area contributed by atoms with Gasteiger partial charge in [-0.1, -0.05) is 6.92 Å². The molecule has 1 heterocycles. The number of rotatable bonds is 5. The maximum absolute atomic E-state index is 11.4. The van der Waals surface area contributed by atoms with Crippen molar-refractivity contribution in [2.75, 3.05) is 12.4 Å². The lowest BCUT2D eigenvalue weighted by atomic mass is 10.2. The maximum atomic E-state index is 11.4. The Bertz CT molecular complexity index is 324. The summed E-state index contributed by atoms with van der Waals surface area (Å²) in [4.78, 5) is 11.4. The molecule has 1 aromatic heterocycles. The summed E-state index contributed by atoms with van der Waals surface area (Å²) in [6.45, 7) is 2.44. The molecule has 1 aromatic rings. The molecule has 0 saturated carbocycles. The second-order valence-corrected chi connectivity index (χ2v) is 3.85. The number of hydrogen-bond donors (Lipinski definition) is 1. The van der Waals surface area contributed by atoms with Crippen molar-refractivity contribution in [2.45, 2.75) is 13.3 Å². The van der Waals surface area contributed by atoms with E-state index in [-0.39, 0.29) is 11.8 Å². The number of nitrogens with zero attached hydrogens (tertiary/aromatic N) is 2. The van der Waals surface area contributed by atoms with Crippen molar-refractivity contribution in [3.8, 4) is 0 Å². The van der Waals surface area contributed by atoms with Gasteiger partial charge in [0.25, 0.3) is 0 Å². The minimum absolute atomic E-state index is 0.00664. The molecule has 0 bridgehead atoms. The van der Waals surface area contributed by atoms with E-state index in [4.69, 9.17) is 11.6 Å². The van der Waals surface area contributed by atoms with Crippen molar-refractivity contribution in [3.63, 3.8) is 0 Å². The molecule has 0 aliphatic rings. The van der Waals surface area contributed by atoms with Gasteiger partial charge >= 0.3 is 0 Å². The first-order chi connectivity index (χ1) is 7.15. The number of halogens is 1. The fraction of sp³-hybridized carbons (Fsp3) is 0.600. The molecule has 4 nitrogen and oxygen atoms in total. The smallest absolute Gasteiger partial charge is 0.224 e. The van der Waals surface area contributed by atoms with Crippen molar-refractivity contribution < 1.29 is 4.79 Å². The highest BCUT2D eigenvalue weighted by Gasteiger charge is 2.10. The van der Waals surface area contributed by atoms with Gasteiger partial charge in [0.1, 0.15) is 0 Å². The predicted octanol–water partition coefficient (Wildman–Crippen LogP) is 0.954. The zero-order valence-corrected chi connectivity index (χ0v) is 9.79. The van der Waals surface area contributed by atoms with Crippen LogP contribution in [-0.2, 0) is 18.3 Å². The first-order valence-corrected chi connectivity index (χ1v) is 5.49. The molecule has 0 radical (unpaired) electrons. The van der Waals surface area contributed by atoms with Crippen LogP contribution in [0.3, 0.4) is 0 Å². The van der Waals surface area contributed by atoms with Crippen LogP contribution in [0, 0.1) is 5.92 Å². The summed E-state index contributed by atoms with van der Waals surface area (Å²) in [7, 11) is 1.89. The second-order valence-electron chi connectivity index (χ2n) is 3.54. The van der Waals surface area contributed by atoms with Gasteiger partial charge in [0.2, 0.25) is 5.91 Å². The van der Waals surface area contributed by atoms with E-state index < -0.39 is 0 Å². The second kappa shape index (κ2) is 5.75. The Morgan fingerprint density at radius 3 is 3.00 bits per heavy atom. The normalized spacial score (nSPS) is 12.5. The van der Waals surface area contributed by atoms with Gasteiger partial charge in [-0.2, -0.15) is 5.10 Å². The molecule has 1 rings (SSSR count). The summed E-state index contributed by atoms with van der Waals surface area (Å²) < 4.78 is 1.80. The number of hydrogen-bond acceptors (Lipinski definition) is 2. The van der Waals surface area contributed by atoms with Crippen LogP contribution in [0.2, 0.25) is 0 Å². The van der Waals surface area contributed by atoms with Crippen molar-refractivity contribution in [2.24, 2.45) is 13.0 Å². The lowest BCUT2D eigenvalue weighted by Gasteiger charge is -2.08. The van der Waals surface area contributed by atoms with E-state index in [1.165, 1.54) is 0 Å². The SMILES string of the molecule is CC(CCl)C(=O)NCCc1ccnn1C. The summed E-state index contributed by atoms with van der Waals surface area (Å²) >= 11 is 5.58. The van der Waals surface area contributed by atoms with E-state index in [0.29, 0.717) is 12.4 Å². The highest BCUT2D eigenvalue weighted by molar-refractivity contribution is 6.19. The molecule has 1 amide bonds. The number of amides is 1. The Kier molecular flexibility index (Phi) is 4.62. The largest absolute Gasteiger partial charge is 0.355 e. The highest BCUT2D eigenvalue weighted by Crippen LogP contribution is 1.99. The zero-order chi connectivity index (χ0) is 11.3. The van der Waals surface area contributed by atoms with Crippen molar-refractivity contribution in [3.05, 3.63) is 18.0 Å². The molecule has 1 atom stereocenters. The van der Waals surface area contributed by atoms with E-state index in [0.717, 1.165) is 12.1 Å². The van der Waals surface area contributed by atoms with Crippen LogP contribution in [-0.4, -0.2) is 28.1 Å². The van der Waals surface area contributed by atoms with Crippen LogP contribution in [0.5, 0.6) is 0 Å². The molecular weight excluding hydrogens is 214 g/mol. The van der Waals surface area contributed by atoms with Gasteiger partial charge in [0, 0.05) is 43.7 Å². The average Bonchev–Trinajstić information content (AvgIpc) is 2.63. The Morgan fingerprint density at radius 2 is 2.47 bits per heavy atom. The third-order valence-corrected chi connectivity index (χ3v) is 2.74. The van der Waals surface area contributed by atoms with Crippen LogP contribution >= 0.6 is 11.6 Å². The summed E-state index contributed by atoms with van der Waals surface area (Å²) in [5, 5.41) is 6.88. The molecule has 1 unspecified atom stereocenters. The number of carbonyl (C=O) groups excluding carboxylic acids is 1. The molecule has 0 saturated heterocycles. The lowest BCUT2D eigenvalue weighted by molar-refractivity contribution is -0.123. The predicted molar refractivity (Wildman–Crippen MR) is 59.8 cm³/mol. The Balaban J connectivity index is 2.28. The Morgan fingerprint density at radius 1 is 1.73 bits per heavy atom. The van der Waals surface area contributed by atoms with Crippen LogP contribution < -0.4 is 5.32 Å². The number of carbonyl (C=O) groups is 1. The molecule has 0 aliphatic carbocycles. The standard InChI is InChI=1S/C10H16ClN3O/c1-8(7-11)10(15)12-5-3-9-4-6-13-14(9)2/h4,6,8H,3,5,7H2,1-2H3,(H,12,15). The van der Waals surface area contributed by atoms with Crippen LogP contribution in [0.15, 0.2) is 12.3 Å². The number of nitrogens with one attached hydrogen (secondary N) is 1. The van der Waals surface area contributed by atoms with Crippen LogP contribution in [0.25, 0.3) is 0 Å². The fourth-order valence-electron chi connectivity index (χ4n) is 1.20. The van der Waals surface area contributed by atoms with Gasteiger partial charge in [-0.25, -0.2) is 0 Å². The van der Waals surface area contributed by atoms with E-state index in [1.54, 1.807) is 10.9 Å². The van der Waals surface area contributed by atoms with Crippen molar-refractivity contribution in [1.82, 2.24) is 15.1 Å².